The van der Waals surface area contributed by atoms with Crippen LogP contribution in [0.15, 0.2) is 84.9 Å². The van der Waals surface area contributed by atoms with Crippen LogP contribution in [0.1, 0.15) is 36.5 Å². The number of nitrogens with one attached hydrogen (secondary N) is 1. The lowest BCUT2D eigenvalue weighted by Crippen LogP contribution is -2.39. The summed E-state index contributed by atoms with van der Waals surface area (Å²) in [4.78, 5) is 28.2. The molecule has 1 heterocycles. The first-order chi connectivity index (χ1) is 18.5. The maximum absolute atomic E-state index is 13.6. The highest BCUT2D eigenvalue weighted by molar-refractivity contribution is 5.99. The molecule has 1 N–H and O–H groups in total. The van der Waals surface area contributed by atoms with Gasteiger partial charge in [-0.15, -0.1) is 0 Å². The molecule has 0 saturated carbocycles. The van der Waals surface area contributed by atoms with Crippen LogP contribution < -0.4 is 10.1 Å². The molecular weight excluding hydrogens is 483 g/mol. The van der Waals surface area contributed by atoms with Gasteiger partial charge in [0.25, 0.3) is 5.91 Å². The number of benzene rings is 3. The highest BCUT2D eigenvalue weighted by atomic mass is 19.1. The number of unbranched alkanes of at least 4 members (excludes halogenated alkanes) is 2. The second-order valence-corrected chi connectivity index (χ2v) is 8.88. The summed E-state index contributed by atoms with van der Waals surface area (Å²) in [7, 11) is 1.55. The van der Waals surface area contributed by atoms with E-state index < -0.39 is 0 Å². The summed E-state index contributed by atoms with van der Waals surface area (Å²) >= 11 is 0. The van der Waals surface area contributed by atoms with Crippen molar-refractivity contribution in [3.63, 3.8) is 0 Å². The van der Waals surface area contributed by atoms with Gasteiger partial charge in [0.2, 0.25) is 5.91 Å². The van der Waals surface area contributed by atoms with Crippen LogP contribution in [0.4, 0.5) is 10.2 Å². The molecule has 0 radical (unpaired) electrons. The van der Waals surface area contributed by atoms with Crippen molar-refractivity contribution >= 4 is 17.6 Å². The number of hydrogen-bond donors (Lipinski definition) is 1. The molecule has 8 heteroatoms. The van der Waals surface area contributed by atoms with E-state index in [1.54, 1.807) is 59.2 Å². The number of carbonyl (C=O) groups is 2. The Kier molecular flexibility index (Phi) is 8.87. The van der Waals surface area contributed by atoms with Crippen molar-refractivity contribution in [1.29, 1.82) is 0 Å². The first-order valence-electron chi connectivity index (χ1n) is 12.6. The van der Waals surface area contributed by atoms with Crippen LogP contribution in [0.25, 0.3) is 16.9 Å². The van der Waals surface area contributed by atoms with E-state index >= 15 is 0 Å². The SMILES string of the molecule is CCCCCN(CC(=O)Nc1cc(-c2ccccc2)nn1-c1ccc(F)cc1)C(=O)c1cccc(OC)c1. The maximum atomic E-state index is 13.6. The Morgan fingerprint density at radius 1 is 0.974 bits per heavy atom. The fourth-order valence-corrected chi connectivity index (χ4v) is 4.10. The third-order valence-electron chi connectivity index (χ3n) is 6.09. The molecule has 0 atom stereocenters. The lowest BCUT2D eigenvalue weighted by atomic mass is 10.1. The van der Waals surface area contributed by atoms with Gasteiger partial charge in [0.15, 0.2) is 0 Å². The van der Waals surface area contributed by atoms with E-state index in [-0.39, 0.29) is 24.2 Å². The third-order valence-corrected chi connectivity index (χ3v) is 6.09. The predicted molar refractivity (Wildman–Crippen MR) is 146 cm³/mol. The molecule has 0 aliphatic carbocycles. The number of amides is 2. The Labute approximate surface area is 221 Å². The van der Waals surface area contributed by atoms with Crippen molar-refractivity contribution in [2.45, 2.75) is 26.2 Å². The zero-order valence-electron chi connectivity index (χ0n) is 21.6. The van der Waals surface area contributed by atoms with Gasteiger partial charge in [0.1, 0.15) is 23.9 Å². The number of carbonyl (C=O) groups excluding carboxylic acids is 2. The highest BCUT2D eigenvalue weighted by Gasteiger charge is 2.21. The molecule has 0 spiro atoms. The smallest absolute Gasteiger partial charge is 0.254 e. The Bertz CT molecular complexity index is 1370. The Balaban J connectivity index is 1.59. The molecule has 0 unspecified atom stereocenters. The van der Waals surface area contributed by atoms with Gasteiger partial charge in [-0.1, -0.05) is 56.2 Å². The summed E-state index contributed by atoms with van der Waals surface area (Å²) in [6.07, 6.45) is 2.72. The van der Waals surface area contributed by atoms with E-state index in [1.807, 2.05) is 30.3 Å². The number of anilines is 1. The molecule has 0 fully saturated rings. The largest absolute Gasteiger partial charge is 0.497 e. The van der Waals surface area contributed by atoms with Crippen molar-refractivity contribution < 1.29 is 18.7 Å². The zero-order valence-corrected chi connectivity index (χ0v) is 21.6. The van der Waals surface area contributed by atoms with Gasteiger partial charge >= 0.3 is 0 Å². The van der Waals surface area contributed by atoms with Crippen LogP contribution >= 0.6 is 0 Å². The molecule has 0 aliphatic heterocycles. The lowest BCUT2D eigenvalue weighted by molar-refractivity contribution is -0.117. The molecule has 0 aliphatic rings. The van der Waals surface area contributed by atoms with Gasteiger partial charge < -0.3 is 15.0 Å². The monoisotopic (exact) mass is 514 g/mol. The summed E-state index contributed by atoms with van der Waals surface area (Å²) in [6, 6.07) is 24.1. The summed E-state index contributed by atoms with van der Waals surface area (Å²) in [5.74, 6) is 0.0228. The van der Waals surface area contributed by atoms with Crippen molar-refractivity contribution in [3.8, 4) is 22.7 Å². The lowest BCUT2D eigenvalue weighted by Gasteiger charge is -2.22. The molecule has 38 heavy (non-hydrogen) atoms. The number of nitrogens with zero attached hydrogens (tertiary/aromatic N) is 3. The summed E-state index contributed by atoms with van der Waals surface area (Å²) in [5, 5.41) is 7.57. The summed E-state index contributed by atoms with van der Waals surface area (Å²) in [5.41, 5.74) is 2.57. The van der Waals surface area contributed by atoms with E-state index in [2.05, 4.69) is 17.3 Å². The molecule has 0 saturated heterocycles. The standard InChI is InChI=1S/C30H31FN4O3/c1-3-4-8-18-34(30(37)23-12-9-13-26(19-23)38-2)21-29(36)32-28-20-27(22-10-6-5-7-11-22)33-35(28)25-16-14-24(31)15-17-25/h5-7,9-17,19-20H,3-4,8,18,21H2,1-2H3,(H,32,36). The number of methoxy groups -OCH3 is 1. The van der Waals surface area contributed by atoms with Crippen molar-refractivity contribution in [2.24, 2.45) is 0 Å². The highest BCUT2D eigenvalue weighted by Crippen LogP contribution is 2.25. The molecule has 2 amide bonds. The van der Waals surface area contributed by atoms with Gasteiger partial charge in [0.05, 0.1) is 18.5 Å². The normalized spacial score (nSPS) is 10.7. The predicted octanol–water partition coefficient (Wildman–Crippen LogP) is 5.96. The molecule has 1 aromatic heterocycles. The molecule has 0 bridgehead atoms. The minimum Gasteiger partial charge on any atom is -0.497 e. The molecular formula is C30H31FN4O3. The molecule has 196 valence electrons. The van der Waals surface area contributed by atoms with E-state index in [0.717, 1.165) is 24.8 Å². The van der Waals surface area contributed by atoms with Crippen molar-refractivity contribution in [2.75, 3.05) is 25.5 Å². The fourth-order valence-electron chi connectivity index (χ4n) is 4.10. The van der Waals surface area contributed by atoms with Gasteiger partial charge in [-0.2, -0.15) is 5.10 Å². The average Bonchev–Trinajstić information content (AvgIpc) is 3.36. The topological polar surface area (TPSA) is 76.5 Å². The third kappa shape index (κ3) is 6.64. The van der Waals surface area contributed by atoms with Gasteiger partial charge in [0, 0.05) is 23.7 Å². The first-order valence-corrected chi connectivity index (χ1v) is 12.6. The van der Waals surface area contributed by atoms with Crippen LogP contribution in [0.2, 0.25) is 0 Å². The number of hydrogen-bond acceptors (Lipinski definition) is 4. The first kappa shape index (κ1) is 26.6. The second kappa shape index (κ2) is 12.7. The fraction of sp³-hybridized carbons (Fsp3) is 0.233. The van der Waals surface area contributed by atoms with Gasteiger partial charge in [-0.05, 0) is 48.9 Å². The molecule has 4 aromatic rings. The van der Waals surface area contributed by atoms with Gasteiger partial charge in [-0.3, -0.25) is 9.59 Å². The van der Waals surface area contributed by atoms with Crippen molar-refractivity contribution in [3.05, 3.63) is 96.3 Å². The maximum Gasteiger partial charge on any atom is 0.254 e. The van der Waals surface area contributed by atoms with Crippen LogP contribution in [0.3, 0.4) is 0 Å². The second-order valence-electron chi connectivity index (χ2n) is 8.88. The quantitative estimate of drug-likeness (QED) is 0.251. The van der Waals surface area contributed by atoms with Crippen molar-refractivity contribution in [1.82, 2.24) is 14.7 Å². The van der Waals surface area contributed by atoms with Gasteiger partial charge in [-0.25, -0.2) is 9.07 Å². The zero-order chi connectivity index (χ0) is 26.9. The minimum absolute atomic E-state index is 0.130. The number of halogens is 1. The van der Waals surface area contributed by atoms with E-state index in [9.17, 15) is 14.0 Å². The molecule has 7 nitrogen and oxygen atoms in total. The van der Waals surface area contributed by atoms with E-state index in [4.69, 9.17) is 4.74 Å². The Morgan fingerprint density at radius 2 is 1.74 bits per heavy atom. The number of rotatable bonds is 11. The van der Waals surface area contributed by atoms with Crippen LogP contribution in [-0.4, -0.2) is 46.7 Å². The number of aromatic nitrogens is 2. The van der Waals surface area contributed by atoms with E-state index in [0.29, 0.717) is 35.1 Å². The van der Waals surface area contributed by atoms with Crippen LogP contribution in [0.5, 0.6) is 5.75 Å². The minimum atomic E-state index is -0.367. The number of ether oxygens (including phenoxy) is 1. The van der Waals surface area contributed by atoms with Crippen LogP contribution in [0, 0.1) is 5.82 Å². The summed E-state index contributed by atoms with van der Waals surface area (Å²) < 4.78 is 20.4. The van der Waals surface area contributed by atoms with Crippen LogP contribution in [-0.2, 0) is 4.79 Å². The average molecular weight is 515 g/mol. The molecule has 4 rings (SSSR count). The Hall–Kier alpha value is -4.46. The summed E-state index contributed by atoms with van der Waals surface area (Å²) in [6.45, 7) is 2.40. The Morgan fingerprint density at radius 3 is 2.45 bits per heavy atom. The van der Waals surface area contributed by atoms with E-state index in [1.165, 1.54) is 12.1 Å². The molecule has 3 aromatic carbocycles.